The first kappa shape index (κ1) is 29.7. The highest BCUT2D eigenvalue weighted by molar-refractivity contribution is 6.05. The summed E-state index contributed by atoms with van der Waals surface area (Å²) >= 11 is 0. The van der Waals surface area contributed by atoms with Gasteiger partial charge in [-0.2, -0.15) is 13.2 Å². The van der Waals surface area contributed by atoms with Crippen LogP contribution in [0.2, 0.25) is 0 Å². The Morgan fingerprint density at radius 1 is 1.02 bits per heavy atom. The van der Waals surface area contributed by atoms with Crippen molar-refractivity contribution < 1.29 is 23.1 Å². The number of carbonyl (C=O) groups is 1. The lowest BCUT2D eigenvalue weighted by molar-refractivity contribution is -0.137. The molecule has 1 fully saturated rings. The molecule has 0 unspecified atom stereocenters. The van der Waals surface area contributed by atoms with E-state index in [1.165, 1.54) is 12.4 Å². The van der Waals surface area contributed by atoms with Gasteiger partial charge in [0.1, 0.15) is 18.0 Å². The second-order valence-electron chi connectivity index (χ2n) is 10.2. The van der Waals surface area contributed by atoms with E-state index in [1.54, 1.807) is 36.5 Å². The number of hydrogen-bond donors (Lipinski definition) is 4. The third kappa shape index (κ3) is 7.19. The minimum absolute atomic E-state index is 0.0181. The highest BCUT2D eigenvalue weighted by atomic mass is 19.4. The Bertz CT molecular complexity index is 1610. The van der Waals surface area contributed by atoms with E-state index in [0.29, 0.717) is 72.7 Å². The smallest absolute Gasteiger partial charge is 0.395 e. The molecule has 1 aliphatic heterocycles. The molecular formula is C30H31F3N8O2. The average molecular weight is 593 g/mol. The van der Waals surface area contributed by atoms with Crippen molar-refractivity contribution in [1.29, 1.82) is 0 Å². The summed E-state index contributed by atoms with van der Waals surface area (Å²) in [5.41, 5.74) is 8.26. The van der Waals surface area contributed by atoms with E-state index in [9.17, 15) is 23.1 Å². The molecule has 4 aromatic rings. The number of nitrogens with zero attached hydrogens (tertiary/aromatic N) is 5. The molecule has 2 aromatic carbocycles. The number of benzene rings is 2. The molecule has 0 atom stereocenters. The Kier molecular flexibility index (Phi) is 8.73. The van der Waals surface area contributed by atoms with E-state index < -0.39 is 17.6 Å². The van der Waals surface area contributed by atoms with Crippen LogP contribution in [0.25, 0.3) is 11.3 Å². The van der Waals surface area contributed by atoms with E-state index in [4.69, 9.17) is 5.73 Å². The minimum Gasteiger partial charge on any atom is -0.395 e. The van der Waals surface area contributed by atoms with E-state index in [0.717, 1.165) is 17.7 Å². The molecule has 1 saturated heterocycles. The van der Waals surface area contributed by atoms with Gasteiger partial charge in [0.15, 0.2) is 0 Å². The molecule has 5 N–H and O–H groups in total. The maximum absolute atomic E-state index is 13.8. The van der Waals surface area contributed by atoms with Crippen molar-refractivity contribution in [2.75, 3.05) is 60.6 Å². The summed E-state index contributed by atoms with van der Waals surface area (Å²) in [5.74, 6) is 0.132. The highest BCUT2D eigenvalue weighted by Gasteiger charge is 2.33. The number of halogens is 3. The number of nitrogens with two attached hydrogens (primary N) is 1. The molecule has 13 heteroatoms. The number of piperazine rings is 1. The standard InChI is InChI=1S/C30H31F3N8O2/c1-19-4-5-22(16-25(19)39-28-24(3-2-6-35-28)26-17-27(34)37-18-36-26)38-29(43)20-13-21(30(31,32)33)15-23(14-20)41-9-7-40(8-10-41)11-12-42/h2-6,13-18,42H,7-12H2,1H3,(H,35,39)(H,38,43)(H2,34,36,37). The van der Waals surface area contributed by atoms with Crippen LogP contribution in [-0.4, -0.2) is 70.2 Å². The molecule has 1 amide bonds. The number of nitrogen functional groups attached to an aromatic ring is 1. The van der Waals surface area contributed by atoms with Crippen molar-refractivity contribution in [3.05, 3.63) is 83.8 Å². The number of aliphatic hydroxyl groups is 1. The summed E-state index contributed by atoms with van der Waals surface area (Å²) in [6.45, 7) is 4.55. The first-order chi connectivity index (χ1) is 20.6. The van der Waals surface area contributed by atoms with Crippen molar-refractivity contribution in [3.63, 3.8) is 0 Å². The SMILES string of the molecule is Cc1ccc(NC(=O)c2cc(N3CCN(CCO)CC3)cc(C(F)(F)F)c2)cc1Nc1ncccc1-c1cc(N)ncn1. The van der Waals surface area contributed by atoms with Crippen LogP contribution in [0.1, 0.15) is 21.5 Å². The van der Waals surface area contributed by atoms with E-state index in [-0.39, 0.29) is 12.2 Å². The second kappa shape index (κ2) is 12.6. The van der Waals surface area contributed by atoms with E-state index in [2.05, 4.69) is 25.6 Å². The number of β-amino-alcohol motifs (C(OH)–C–C–N with tert-alkyl or cyclic N) is 1. The second-order valence-corrected chi connectivity index (χ2v) is 10.2. The minimum atomic E-state index is -4.63. The van der Waals surface area contributed by atoms with Gasteiger partial charge in [0.05, 0.1) is 17.9 Å². The summed E-state index contributed by atoms with van der Waals surface area (Å²) in [7, 11) is 0. The van der Waals surface area contributed by atoms with Gasteiger partial charge in [0.25, 0.3) is 5.91 Å². The lowest BCUT2D eigenvalue weighted by Gasteiger charge is -2.36. The number of hydrogen-bond acceptors (Lipinski definition) is 9. The molecule has 0 bridgehead atoms. The molecule has 0 radical (unpaired) electrons. The number of pyridine rings is 1. The fraction of sp³-hybridized carbons (Fsp3) is 0.267. The number of carbonyl (C=O) groups excluding carboxylic acids is 1. The van der Waals surface area contributed by atoms with Gasteiger partial charge in [-0.05, 0) is 55.0 Å². The van der Waals surface area contributed by atoms with Gasteiger partial charge in [-0.25, -0.2) is 15.0 Å². The topological polar surface area (TPSA) is 133 Å². The van der Waals surface area contributed by atoms with Gasteiger partial charge < -0.3 is 26.4 Å². The number of nitrogens with one attached hydrogen (secondary N) is 2. The number of anilines is 5. The van der Waals surface area contributed by atoms with Crippen LogP contribution in [0.5, 0.6) is 0 Å². The highest BCUT2D eigenvalue weighted by Crippen LogP contribution is 2.34. The lowest BCUT2D eigenvalue weighted by Crippen LogP contribution is -2.47. The van der Waals surface area contributed by atoms with Gasteiger partial charge in [0.2, 0.25) is 0 Å². The molecule has 224 valence electrons. The quantitative estimate of drug-likeness (QED) is 0.233. The first-order valence-corrected chi connectivity index (χ1v) is 13.6. The van der Waals surface area contributed by atoms with Crippen molar-refractivity contribution in [3.8, 4) is 11.3 Å². The predicted molar refractivity (Wildman–Crippen MR) is 159 cm³/mol. The Balaban J connectivity index is 1.38. The van der Waals surface area contributed by atoms with Crippen LogP contribution >= 0.6 is 0 Å². The molecule has 5 rings (SSSR count). The number of aliphatic hydroxyl groups excluding tert-OH is 1. The summed E-state index contributed by atoms with van der Waals surface area (Å²) in [5, 5.41) is 15.2. The number of amides is 1. The first-order valence-electron chi connectivity index (χ1n) is 13.6. The zero-order valence-electron chi connectivity index (χ0n) is 23.4. The van der Waals surface area contributed by atoms with Crippen molar-refractivity contribution in [2.24, 2.45) is 0 Å². The molecule has 0 aliphatic carbocycles. The normalized spacial score (nSPS) is 14.0. The predicted octanol–water partition coefficient (Wildman–Crippen LogP) is 4.56. The third-order valence-electron chi connectivity index (χ3n) is 7.18. The fourth-order valence-electron chi connectivity index (χ4n) is 4.86. The Morgan fingerprint density at radius 3 is 2.53 bits per heavy atom. The zero-order chi connectivity index (χ0) is 30.6. The molecule has 0 spiro atoms. The van der Waals surface area contributed by atoms with Crippen LogP contribution in [-0.2, 0) is 6.18 Å². The Labute approximate surface area is 246 Å². The van der Waals surface area contributed by atoms with Crippen LogP contribution in [0, 0.1) is 6.92 Å². The van der Waals surface area contributed by atoms with E-state index in [1.807, 2.05) is 22.8 Å². The molecule has 2 aromatic heterocycles. The van der Waals surface area contributed by atoms with Gasteiger partial charge in [0, 0.05) is 73.2 Å². The van der Waals surface area contributed by atoms with Crippen molar-refractivity contribution >= 4 is 34.6 Å². The number of alkyl halides is 3. The molecule has 3 heterocycles. The zero-order valence-corrected chi connectivity index (χ0v) is 23.4. The average Bonchev–Trinajstić information content (AvgIpc) is 2.99. The summed E-state index contributed by atoms with van der Waals surface area (Å²) in [6.07, 6.45) is -1.65. The lowest BCUT2D eigenvalue weighted by atomic mass is 10.1. The Hall–Kier alpha value is -4.75. The molecule has 1 aliphatic rings. The number of aromatic nitrogens is 3. The summed E-state index contributed by atoms with van der Waals surface area (Å²) in [4.78, 5) is 29.8. The fourth-order valence-corrected chi connectivity index (χ4v) is 4.86. The Morgan fingerprint density at radius 2 is 1.81 bits per heavy atom. The molecule has 10 nitrogen and oxygen atoms in total. The molecule has 0 saturated carbocycles. The van der Waals surface area contributed by atoms with Crippen LogP contribution in [0.3, 0.4) is 0 Å². The van der Waals surface area contributed by atoms with Crippen LogP contribution < -0.4 is 21.3 Å². The maximum atomic E-state index is 13.8. The molecule has 43 heavy (non-hydrogen) atoms. The van der Waals surface area contributed by atoms with E-state index >= 15 is 0 Å². The molecular weight excluding hydrogens is 561 g/mol. The van der Waals surface area contributed by atoms with Crippen molar-refractivity contribution in [1.82, 2.24) is 19.9 Å². The third-order valence-corrected chi connectivity index (χ3v) is 7.18. The van der Waals surface area contributed by atoms with Crippen LogP contribution in [0.4, 0.5) is 41.9 Å². The van der Waals surface area contributed by atoms with Gasteiger partial charge in [-0.1, -0.05) is 6.07 Å². The number of rotatable bonds is 8. The van der Waals surface area contributed by atoms with Crippen LogP contribution in [0.15, 0.2) is 67.1 Å². The number of aryl methyl sites for hydroxylation is 1. The van der Waals surface area contributed by atoms with Crippen molar-refractivity contribution in [2.45, 2.75) is 13.1 Å². The van der Waals surface area contributed by atoms with Gasteiger partial charge in [-0.3, -0.25) is 9.69 Å². The monoisotopic (exact) mass is 592 g/mol. The maximum Gasteiger partial charge on any atom is 0.416 e. The largest absolute Gasteiger partial charge is 0.416 e. The summed E-state index contributed by atoms with van der Waals surface area (Å²) < 4.78 is 41.5. The van der Waals surface area contributed by atoms with Gasteiger partial charge >= 0.3 is 6.18 Å². The summed E-state index contributed by atoms with van der Waals surface area (Å²) in [6, 6.07) is 13.8. The van der Waals surface area contributed by atoms with Gasteiger partial charge in [-0.15, -0.1) is 0 Å².